The second-order valence-corrected chi connectivity index (χ2v) is 6.44. The van der Waals surface area contributed by atoms with Crippen LogP contribution in [-0.4, -0.2) is 23.9 Å². The molecule has 0 aromatic heterocycles. The monoisotopic (exact) mass is 307 g/mol. The molecule has 1 heterocycles. The zero-order valence-electron chi connectivity index (χ0n) is 13.8. The van der Waals surface area contributed by atoms with Gasteiger partial charge in [0.15, 0.2) is 0 Å². The molecule has 0 N–H and O–H groups in total. The minimum absolute atomic E-state index is 0.322. The molecule has 1 saturated heterocycles. The normalized spacial score (nSPS) is 18.4. The van der Waals surface area contributed by atoms with Crippen molar-refractivity contribution in [2.75, 3.05) is 13.1 Å². The Labute approximate surface area is 139 Å². The molecule has 1 aliphatic heterocycles. The standard InChI is InChI=1S/C21H25NO/c1-2-15-22-16-19(13-14-20(22)23)21(17-9-5-3-6-10-17)18-11-7-4-8-12-18/h3-12,19,21H,2,13-16H2,1H3. The summed E-state index contributed by atoms with van der Waals surface area (Å²) in [4.78, 5) is 14.2. The average molecular weight is 307 g/mol. The van der Waals surface area contributed by atoms with Gasteiger partial charge < -0.3 is 4.90 Å². The number of rotatable bonds is 5. The Hall–Kier alpha value is -2.09. The third-order valence-electron chi connectivity index (χ3n) is 4.82. The first-order chi connectivity index (χ1) is 11.3. The van der Waals surface area contributed by atoms with Crippen LogP contribution < -0.4 is 0 Å². The highest BCUT2D eigenvalue weighted by Crippen LogP contribution is 2.37. The first kappa shape index (κ1) is 15.8. The fourth-order valence-electron chi connectivity index (χ4n) is 3.76. The van der Waals surface area contributed by atoms with Gasteiger partial charge >= 0.3 is 0 Å². The quantitative estimate of drug-likeness (QED) is 0.798. The minimum atomic E-state index is 0.322. The lowest BCUT2D eigenvalue weighted by molar-refractivity contribution is -0.135. The van der Waals surface area contributed by atoms with Crippen LogP contribution >= 0.6 is 0 Å². The first-order valence-electron chi connectivity index (χ1n) is 8.67. The van der Waals surface area contributed by atoms with E-state index in [1.807, 2.05) is 0 Å². The number of carbonyl (C=O) groups excluding carboxylic acids is 1. The number of nitrogens with zero attached hydrogens (tertiary/aromatic N) is 1. The van der Waals surface area contributed by atoms with Gasteiger partial charge in [-0.15, -0.1) is 0 Å². The predicted molar refractivity (Wildman–Crippen MR) is 94.3 cm³/mol. The molecule has 1 atom stereocenters. The Morgan fingerprint density at radius 2 is 1.57 bits per heavy atom. The Morgan fingerprint density at radius 3 is 2.09 bits per heavy atom. The molecule has 0 radical (unpaired) electrons. The topological polar surface area (TPSA) is 20.3 Å². The van der Waals surface area contributed by atoms with Crippen LogP contribution in [0.3, 0.4) is 0 Å². The summed E-state index contributed by atoms with van der Waals surface area (Å²) < 4.78 is 0. The predicted octanol–water partition coefficient (Wildman–Crippen LogP) is 4.47. The minimum Gasteiger partial charge on any atom is -0.342 e. The number of hydrogen-bond acceptors (Lipinski definition) is 1. The molecule has 2 nitrogen and oxygen atoms in total. The summed E-state index contributed by atoms with van der Waals surface area (Å²) in [5.74, 6) is 1.18. The van der Waals surface area contributed by atoms with Gasteiger partial charge in [0, 0.05) is 25.4 Å². The van der Waals surface area contributed by atoms with E-state index in [4.69, 9.17) is 0 Å². The van der Waals surface area contributed by atoms with E-state index in [-0.39, 0.29) is 0 Å². The number of piperidine rings is 1. The van der Waals surface area contributed by atoms with Crippen LogP contribution in [0.2, 0.25) is 0 Å². The van der Waals surface area contributed by atoms with E-state index in [1.165, 1.54) is 11.1 Å². The second-order valence-electron chi connectivity index (χ2n) is 6.44. The van der Waals surface area contributed by atoms with Crippen LogP contribution in [0.1, 0.15) is 43.2 Å². The lowest BCUT2D eigenvalue weighted by Gasteiger charge is -2.37. The Balaban J connectivity index is 1.91. The molecule has 2 aromatic rings. The van der Waals surface area contributed by atoms with E-state index in [0.29, 0.717) is 24.2 Å². The molecule has 1 unspecified atom stereocenters. The van der Waals surface area contributed by atoms with E-state index >= 15 is 0 Å². The molecule has 1 aliphatic rings. The number of likely N-dealkylation sites (tertiary alicyclic amines) is 1. The molecule has 0 spiro atoms. The Morgan fingerprint density at radius 1 is 1.00 bits per heavy atom. The van der Waals surface area contributed by atoms with Gasteiger partial charge in [-0.1, -0.05) is 67.6 Å². The van der Waals surface area contributed by atoms with Crippen LogP contribution in [0.4, 0.5) is 0 Å². The van der Waals surface area contributed by atoms with Crippen LogP contribution in [0.5, 0.6) is 0 Å². The summed E-state index contributed by atoms with van der Waals surface area (Å²) in [5.41, 5.74) is 2.71. The zero-order valence-corrected chi connectivity index (χ0v) is 13.8. The molecule has 1 amide bonds. The molecular weight excluding hydrogens is 282 g/mol. The third kappa shape index (κ3) is 3.64. The van der Waals surface area contributed by atoms with Crippen molar-refractivity contribution < 1.29 is 4.79 Å². The van der Waals surface area contributed by atoms with Crippen LogP contribution in [0.25, 0.3) is 0 Å². The lowest BCUT2D eigenvalue weighted by atomic mass is 9.77. The van der Waals surface area contributed by atoms with Gasteiger partial charge in [0.25, 0.3) is 0 Å². The second kappa shape index (κ2) is 7.45. The summed E-state index contributed by atoms with van der Waals surface area (Å²) in [5, 5.41) is 0. The molecule has 1 fully saturated rings. The zero-order chi connectivity index (χ0) is 16.1. The molecule has 2 aromatic carbocycles. The maximum absolute atomic E-state index is 12.2. The average Bonchev–Trinajstić information content (AvgIpc) is 2.60. The third-order valence-corrected chi connectivity index (χ3v) is 4.82. The molecule has 0 aliphatic carbocycles. The van der Waals surface area contributed by atoms with Gasteiger partial charge in [-0.05, 0) is 29.9 Å². The SMILES string of the molecule is CCCN1CC(C(c2ccccc2)c2ccccc2)CCC1=O. The van der Waals surface area contributed by atoms with Gasteiger partial charge in [-0.25, -0.2) is 0 Å². The van der Waals surface area contributed by atoms with Gasteiger partial charge in [-0.2, -0.15) is 0 Å². The molecular formula is C21H25NO. The van der Waals surface area contributed by atoms with Crippen LogP contribution in [0, 0.1) is 5.92 Å². The van der Waals surface area contributed by atoms with Crippen molar-refractivity contribution in [2.24, 2.45) is 5.92 Å². The van der Waals surface area contributed by atoms with Gasteiger partial charge in [0.05, 0.1) is 0 Å². The van der Waals surface area contributed by atoms with E-state index in [2.05, 4.69) is 72.5 Å². The van der Waals surface area contributed by atoms with E-state index in [1.54, 1.807) is 0 Å². The highest BCUT2D eigenvalue weighted by Gasteiger charge is 2.32. The Bertz CT molecular complexity index is 583. The van der Waals surface area contributed by atoms with E-state index < -0.39 is 0 Å². The number of benzene rings is 2. The first-order valence-corrected chi connectivity index (χ1v) is 8.67. The van der Waals surface area contributed by atoms with Crippen molar-refractivity contribution in [3.63, 3.8) is 0 Å². The van der Waals surface area contributed by atoms with E-state index in [0.717, 1.165) is 25.9 Å². The van der Waals surface area contributed by atoms with Gasteiger partial charge in [0.2, 0.25) is 5.91 Å². The molecule has 120 valence electrons. The summed E-state index contributed by atoms with van der Waals surface area (Å²) >= 11 is 0. The molecule has 23 heavy (non-hydrogen) atoms. The van der Waals surface area contributed by atoms with Gasteiger partial charge in [-0.3, -0.25) is 4.79 Å². The fourth-order valence-corrected chi connectivity index (χ4v) is 3.76. The lowest BCUT2D eigenvalue weighted by Crippen LogP contribution is -2.42. The Kier molecular flexibility index (Phi) is 5.12. The van der Waals surface area contributed by atoms with Crippen molar-refractivity contribution in [1.82, 2.24) is 4.90 Å². The van der Waals surface area contributed by atoms with Crippen molar-refractivity contribution in [3.8, 4) is 0 Å². The van der Waals surface area contributed by atoms with Gasteiger partial charge in [0.1, 0.15) is 0 Å². The summed E-state index contributed by atoms with van der Waals surface area (Å²) in [6.07, 6.45) is 2.69. The van der Waals surface area contributed by atoms with E-state index in [9.17, 15) is 4.79 Å². The fraction of sp³-hybridized carbons (Fsp3) is 0.381. The molecule has 0 bridgehead atoms. The molecule has 2 heteroatoms. The van der Waals surface area contributed by atoms with Crippen molar-refractivity contribution in [3.05, 3.63) is 71.8 Å². The molecule has 0 saturated carbocycles. The largest absolute Gasteiger partial charge is 0.342 e. The number of amides is 1. The smallest absolute Gasteiger partial charge is 0.222 e. The highest BCUT2D eigenvalue weighted by atomic mass is 16.2. The van der Waals surface area contributed by atoms with Crippen LogP contribution in [0.15, 0.2) is 60.7 Å². The number of carbonyl (C=O) groups is 1. The maximum Gasteiger partial charge on any atom is 0.222 e. The summed E-state index contributed by atoms with van der Waals surface area (Å²) in [6, 6.07) is 21.5. The van der Waals surface area contributed by atoms with Crippen molar-refractivity contribution in [1.29, 1.82) is 0 Å². The van der Waals surface area contributed by atoms with Crippen molar-refractivity contribution >= 4 is 5.91 Å². The van der Waals surface area contributed by atoms with Crippen molar-refractivity contribution in [2.45, 2.75) is 32.1 Å². The highest BCUT2D eigenvalue weighted by molar-refractivity contribution is 5.77. The summed E-state index contributed by atoms with van der Waals surface area (Å²) in [6.45, 7) is 3.90. The summed E-state index contributed by atoms with van der Waals surface area (Å²) in [7, 11) is 0. The van der Waals surface area contributed by atoms with Crippen LogP contribution in [-0.2, 0) is 4.79 Å². The number of hydrogen-bond donors (Lipinski definition) is 0. The maximum atomic E-state index is 12.2. The molecule has 3 rings (SSSR count).